The molecule has 2 heterocycles. The van der Waals surface area contributed by atoms with Crippen molar-refractivity contribution in [2.75, 3.05) is 18.1 Å². The van der Waals surface area contributed by atoms with E-state index in [1.165, 1.54) is 5.56 Å². The lowest BCUT2D eigenvalue weighted by Gasteiger charge is -2.18. The van der Waals surface area contributed by atoms with Crippen LogP contribution in [-0.4, -0.2) is 29.2 Å². The number of ether oxygens (including phenoxy) is 1. The van der Waals surface area contributed by atoms with Crippen LogP contribution in [0.4, 0.5) is 5.69 Å². The number of carbonyl (C=O) groups excluding carboxylic acids is 1. The summed E-state index contributed by atoms with van der Waals surface area (Å²) in [7, 11) is 0. The number of benzene rings is 2. The van der Waals surface area contributed by atoms with E-state index >= 15 is 0 Å². The van der Waals surface area contributed by atoms with Crippen molar-refractivity contribution in [1.82, 2.24) is 10.1 Å². The van der Waals surface area contributed by atoms with Gasteiger partial charge in [0.05, 0.1) is 12.5 Å². The minimum Gasteiger partial charge on any atom is -0.494 e. The molecule has 6 heteroatoms. The van der Waals surface area contributed by atoms with Crippen molar-refractivity contribution >= 4 is 11.6 Å². The maximum atomic E-state index is 12.7. The zero-order valence-corrected chi connectivity index (χ0v) is 17.7. The molecule has 1 fully saturated rings. The average molecular weight is 405 g/mol. The van der Waals surface area contributed by atoms with Crippen molar-refractivity contribution in [2.24, 2.45) is 0 Å². The number of rotatable bonds is 7. The summed E-state index contributed by atoms with van der Waals surface area (Å²) >= 11 is 0. The molecule has 0 bridgehead atoms. The summed E-state index contributed by atoms with van der Waals surface area (Å²) < 4.78 is 11.1. The van der Waals surface area contributed by atoms with Gasteiger partial charge in [-0.25, -0.2) is 0 Å². The Labute approximate surface area is 176 Å². The fourth-order valence-electron chi connectivity index (χ4n) is 3.61. The van der Waals surface area contributed by atoms with Crippen LogP contribution >= 0.6 is 0 Å². The molecule has 1 aromatic heterocycles. The van der Waals surface area contributed by atoms with Crippen molar-refractivity contribution in [3.05, 3.63) is 60.0 Å². The van der Waals surface area contributed by atoms with Gasteiger partial charge in [-0.1, -0.05) is 38.1 Å². The highest BCUT2D eigenvalue weighted by atomic mass is 16.5. The Morgan fingerprint density at radius 1 is 1.20 bits per heavy atom. The summed E-state index contributed by atoms with van der Waals surface area (Å²) in [6.45, 7) is 7.61. The van der Waals surface area contributed by atoms with Crippen molar-refractivity contribution in [3.8, 4) is 17.1 Å². The van der Waals surface area contributed by atoms with Gasteiger partial charge < -0.3 is 14.2 Å². The maximum Gasteiger partial charge on any atom is 0.232 e. The predicted molar refractivity (Wildman–Crippen MR) is 116 cm³/mol. The SMILES string of the molecule is CCCOc1ccc(-c2noc(C3CC(=O)N(c4cccc(C(C)C)c4)C3)n2)cc1. The number of anilines is 1. The standard InChI is InChI=1S/C24H27N3O3/c1-4-12-29-21-10-8-17(9-11-21)23-25-24(30-26-23)19-14-22(28)27(15-19)20-7-5-6-18(13-20)16(2)3/h5-11,13,16,19H,4,12,14-15H2,1-3H3. The quantitative estimate of drug-likeness (QED) is 0.542. The van der Waals surface area contributed by atoms with Gasteiger partial charge in [0.2, 0.25) is 17.6 Å². The first-order valence-corrected chi connectivity index (χ1v) is 10.5. The van der Waals surface area contributed by atoms with E-state index in [-0.39, 0.29) is 11.8 Å². The fraction of sp³-hybridized carbons (Fsp3) is 0.375. The Kier molecular flexibility index (Phi) is 5.84. The normalized spacial score (nSPS) is 16.5. The molecule has 0 spiro atoms. The van der Waals surface area contributed by atoms with Crippen molar-refractivity contribution in [2.45, 2.75) is 45.4 Å². The van der Waals surface area contributed by atoms with E-state index in [0.29, 0.717) is 37.2 Å². The summed E-state index contributed by atoms with van der Waals surface area (Å²) in [5.41, 5.74) is 3.01. The van der Waals surface area contributed by atoms with E-state index < -0.39 is 0 Å². The van der Waals surface area contributed by atoms with Crippen LogP contribution in [0.15, 0.2) is 53.1 Å². The molecule has 0 N–H and O–H groups in total. The highest BCUT2D eigenvalue weighted by Gasteiger charge is 2.35. The molecule has 1 amide bonds. The largest absolute Gasteiger partial charge is 0.494 e. The van der Waals surface area contributed by atoms with Crippen molar-refractivity contribution < 1.29 is 14.1 Å². The number of carbonyl (C=O) groups is 1. The third kappa shape index (κ3) is 4.22. The lowest BCUT2D eigenvalue weighted by molar-refractivity contribution is -0.117. The first-order valence-electron chi connectivity index (χ1n) is 10.5. The van der Waals surface area contributed by atoms with E-state index in [0.717, 1.165) is 23.4 Å². The van der Waals surface area contributed by atoms with Gasteiger partial charge in [-0.05, 0) is 54.3 Å². The van der Waals surface area contributed by atoms with Crippen LogP contribution in [0.5, 0.6) is 5.75 Å². The van der Waals surface area contributed by atoms with Crippen LogP contribution < -0.4 is 9.64 Å². The first-order chi connectivity index (χ1) is 14.5. The Balaban J connectivity index is 1.48. The summed E-state index contributed by atoms with van der Waals surface area (Å²) in [6, 6.07) is 15.8. The van der Waals surface area contributed by atoms with E-state index in [1.54, 1.807) is 0 Å². The lowest BCUT2D eigenvalue weighted by Crippen LogP contribution is -2.24. The molecule has 30 heavy (non-hydrogen) atoms. The van der Waals surface area contributed by atoms with Gasteiger partial charge in [-0.3, -0.25) is 4.79 Å². The van der Waals surface area contributed by atoms with Crippen LogP contribution in [0.3, 0.4) is 0 Å². The Bertz CT molecular complexity index is 1010. The van der Waals surface area contributed by atoms with Crippen LogP contribution in [0.1, 0.15) is 56.9 Å². The minimum atomic E-state index is -0.103. The van der Waals surface area contributed by atoms with Crippen molar-refractivity contribution in [1.29, 1.82) is 0 Å². The smallest absolute Gasteiger partial charge is 0.232 e. The number of amides is 1. The minimum absolute atomic E-state index is 0.0816. The molecule has 4 rings (SSSR count). The fourth-order valence-corrected chi connectivity index (χ4v) is 3.61. The number of hydrogen-bond donors (Lipinski definition) is 0. The molecular formula is C24H27N3O3. The molecule has 156 valence electrons. The van der Waals surface area contributed by atoms with E-state index in [2.05, 4.69) is 43.0 Å². The third-order valence-electron chi connectivity index (χ3n) is 5.35. The van der Waals surface area contributed by atoms with Gasteiger partial charge in [0.25, 0.3) is 0 Å². The molecule has 1 aliphatic heterocycles. The maximum absolute atomic E-state index is 12.7. The van der Waals surface area contributed by atoms with Gasteiger partial charge in [0.1, 0.15) is 5.75 Å². The molecule has 1 atom stereocenters. The Morgan fingerprint density at radius 2 is 2.00 bits per heavy atom. The molecule has 1 aliphatic rings. The number of aromatic nitrogens is 2. The molecule has 3 aromatic rings. The van der Waals surface area contributed by atoms with Gasteiger partial charge in [0, 0.05) is 24.2 Å². The highest BCUT2D eigenvalue weighted by molar-refractivity contribution is 5.96. The summed E-state index contributed by atoms with van der Waals surface area (Å²) in [5, 5.41) is 4.13. The molecule has 1 saturated heterocycles. The van der Waals surface area contributed by atoms with Crippen LogP contribution in [0.25, 0.3) is 11.4 Å². The molecule has 2 aromatic carbocycles. The summed E-state index contributed by atoms with van der Waals surface area (Å²) in [6.07, 6.45) is 1.34. The molecule has 6 nitrogen and oxygen atoms in total. The van der Waals surface area contributed by atoms with Crippen molar-refractivity contribution in [3.63, 3.8) is 0 Å². The lowest BCUT2D eigenvalue weighted by atomic mass is 10.0. The topological polar surface area (TPSA) is 68.5 Å². The van der Waals surface area contributed by atoms with E-state index in [1.807, 2.05) is 41.3 Å². The monoisotopic (exact) mass is 405 g/mol. The Morgan fingerprint density at radius 3 is 2.73 bits per heavy atom. The van der Waals surface area contributed by atoms with Gasteiger partial charge in [-0.2, -0.15) is 4.98 Å². The third-order valence-corrected chi connectivity index (χ3v) is 5.35. The second-order valence-corrected chi connectivity index (χ2v) is 7.98. The molecule has 0 radical (unpaired) electrons. The molecule has 0 saturated carbocycles. The van der Waals surface area contributed by atoms with E-state index in [4.69, 9.17) is 9.26 Å². The van der Waals surface area contributed by atoms with Gasteiger partial charge >= 0.3 is 0 Å². The predicted octanol–water partition coefficient (Wildman–Crippen LogP) is 5.17. The van der Waals surface area contributed by atoms with Crippen LogP contribution in [0, 0.1) is 0 Å². The summed E-state index contributed by atoms with van der Waals surface area (Å²) in [5.74, 6) is 2.25. The number of hydrogen-bond acceptors (Lipinski definition) is 5. The Hall–Kier alpha value is -3.15. The first kappa shape index (κ1) is 20.1. The zero-order valence-electron chi connectivity index (χ0n) is 17.7. The second-order valence-electron chi connectivity index (χ2n) is 7.98. The van der Waals surface area contributed by atoms with Gasteiger partial charge in [0.15, 0.2) is 0 Å². The molecule has 0 aliphatic carbocycles. The van der Waals surface area contributed by atoms with Crippen LogP contribution in [-0.2, 0) is 4.79 Å². The highest BCUT2D eigenvalue weighted by Crippen LogP contribution is 2.33. The average Bonchev–Trinajstić information content (AvgIpc) is 3.40. The van der Waals surface area contributed by atoms with E-state index in [9.17, 15) is 4.79 Å². The summed E-state index contributed by atoms with van der Waals surface area (Å²) in [4.78, 5) is 19.0. The number of nitrogens with zero attached hydrogens (tertiary/aromatic N) is 3. The molecule has 1 unspecified atom stereocenters. The van der Waals surface area contributed by atoms with Crippen LogP contribution in [0.2, 0.25) is 0 Å². The molecular weight excluding hydrogens is 378 g/mol. The van der Waals surface area contributed by atoms with Gasteiger partial charge in [-0.15, -0.1) is 0 Å². The zero-order chi connectivity index (χ0) is 21.1. The second kappa shape index (κ2) is 8.69.